The maximum absolute atomic E-state index is 13.6. The zero-order valence-corrected chi connectivity index (χ0v) is 19.9. The third-order valence-corrected chi connectivity index (χ3v) is 7.61. The Morgan fingerprint density at radius 2 is 1.76 bits per heavy atom. The predicted octanol–water partition coefficient (Wildman–Crippen LogP) is 4.40. The van der Waals surface area contributed by atoms with Crippen LogP contribution in [0.25, 0.3) is 0 Å². The Morgan fingerprint density at radius 3 is 2.33 bits per heavy atom. The molecule has 3 fully saturated rings. The second-order valence-electron chi connectivity index (χ2n) is 9.37. The number of aryl methyl sites for hydroxylation is 1. The lowest BCUT2D eigenvalue weighted by Crippen LogP contribution is -2.55. The number of carbonyl (C=O) groups excluding carboxylic acids is 1. The molecule has 0 aromatic heterocycles. The number of hydrogen-bond donors (Lipinski definition) is 0. The van der Waals surface area contributed by atoms with Crippen molar-refractivity contribution in [2.45, 2.75) is 50.7 Å². The summed E-state index contributed by atoms with van der Waals surface area (Å²) < 4.78 is 6.21. The smallest absolute Gasteiger partial charge is 0.259 e. The lowest BCUT2D eigenvalue weighted by Gasteiger charge is -2.43. The van der Waals surface area contributed by atoms with E-state index in [-0.39, 0.29) is 12.0 Å². The summed E-state index contributed by atoms with van der Waals surface area (Å²) in [6.07, 6.45) is 4.88. The van der Waals surface area contributed by atoms with Crippen molar-refractivity contribution in [1.29, 1.82) is 5.26 Å². The molecule has 0 N–H and O–H groups in total. The topological polar surface area (TPSA) is 59.8 Å². The molecular formula is C26H28N4O2S. The molecule has 5 rings (SSSR count). The van der Waals surface area contributed by atoms with Crippen LogP contribution in [0.15, 0.2) is 42.5 Å². The minimum absolute atomic E-state index is 0.0227. The number of benzene rings is 2. The fourth-order valence-corrected chi connectivity index (χ4v) is 5.56. The van der Waals surface area contributed by atoms with E-state index in [0.717, 1.165) is 67.9 Å². The number of carbonyl (C=O) groups is 1. The first kappa shape index (κ1) is 21.9. The zero-order chi connectivity index (χ0) is 23.2. The average molecular weight is 461 g/mol. The highest BCUT2D eigenvalue weighted by molar-refractivity contribution is 7.81. The van der Waals surface area contributed by atoms with Crippen LogP contribution in [0.3, 0.4) is 0 Å². The summed E-state index contributed by atoms with van der Waals surface area (Å²) in [5.41, 5.74) is 2.46. The van der Waals surface area contributed by atoms with Gasteiger partial charge in [0, 0.05) is 18.8 Å². The molecule has 2 heterocycles. The Labute approximate surface area is 200 Å². The molecule has 6 nitrogen and oxygen atoms in total. The second-order valence-corrected chi connectivity index (χ2v) is 9.73. The van der Waals surface area contributed by atoms with Crippen molar-refractivity contribution in [3.63, 3.8) is 0 Å². The Bertz CT molecular complexity index is 1130. The average Bonchev–Trinajstić information content (AvgIpc) is 3.02. The molecule has 33 heavy (non-hydrogen) atoms. The number of likely N-dealkylation sites (tertiary alicyclic amines) is 1. The zero-order valence-electron chi connectivity index (χ0n) is 19.1. The highest BCUT2D eigenvalue weighted by Gasteiger charge is 2.59. The van der Waals surface area contributed by atoms with Crippen LogP contribution in [0.1, 0.15) is 43.2 Å². The first-order chi connectivity index (χ1) is 15.9. The fourth-order valence-electron chi connectivity index (χ4n) is 5.09. The van der Waals surface area contributed by atoms with Crippen LogP contribution in [-0.2, 0) is 4.79 Å². The van der Waals surface area contributed by atoms with E-state index in [2.05, 4.69) is 18.0 Å². The highest BCUT2D eigenvalue weighted by atomic mass is 32.1. The van der Waals surface area contributed by atoms with Gasteiger partial charge in [-0.15, -0.1) is 0 Å². The minimum atomic E-state index is -0.616. The predicted molar refractivity (Wildman–Crippen MR) is 133 cm³/mol. The summed E-state index contributed by atoms with van der Waals surface area (Å²) in [5, 5.41) is 9.75. The van der Waals surface area contributed by atoms with E-state index < -0.39 is 5.54 Å². The van der Waals surface area contributed by atoms with Crippen molar-refractivity contribution in [3.8, 4) is 11.8 Å². The van der Waals surface area contributed by atoms with E-state index in [9.17, 15) is 10.1 Å². The lowest BCUT2D eigenvalue weighted by atomic mass is 9.75. The molecule has 1 aliphatic carbocycles. The van der Waals surface area contributed by atoms with E-state index in [1.165, 1.54) is 0 Å². The lowest BCUT2D eigenvalue weighted by molar-refractivity contribution is -0.123. The fraction of sp³-hybridized carbons (Fsp3) is 0.423. The van der Waals surface area contributed by atoms with Crippen LogP contribution in [-0.4, -0.2) is 47.7 Å². The standard InChI is InChI=1S/C26H28N4O2S/c1-18-16-21(5-4-19(18)17-27)29-24(31)26(12-3-13-26)30(25(29)33)20-6-8-22(9-7-20)32-23-10-14-28(2)15-11-23/h4-9,16,23H,3,10-15H2,1-2H3. The number of hydrogen-bond acceptors (Lipinski definition) is 5. The van der Waals surface area contributed by atoms with Crippen molar-refractivity contribution in [1.82, 2.24) is 4.90 Å². The van der Waals surface area contributed by atoms with Gasteiger partial charge < -0.3 is 14.5 Å². The normalized spacial score (nSPS) is 20.8. The van der Waals surface area contributed by atoms with Crippen molar-refractivity contribution >= 4 is 34.6 Å². The van der Waals surface area contributed by atoms with E-state index in [1.54, 1.807) is 11.0 Å². The molecule has 0 radical (unpaired) electrons. The summed E-state index contributed by atoms with van der Waals surface area (Å²) in [5.74, 6) is 0.876. The number of thiocarbonyl (C=S) groups is 1. The first-order valence-corrected chi connectivity index (χ1v) is 12.0. The molecule has 2 aliphatic heterocycles. The quantitative estimate of drug-likeness (QED) is 0.631. The molecule has 0 atom stereocenters. The molecule has 2 saturated heterocycles. The summed E-state index contributed by atoms with van der Waals surface area (Å²) in [4.78, 5) is 19.6. The Kier molecular flexibility index (Phi) is 5.59. The largest absolute Gasteiger partial charge is 0.490 e. The van der Waals surface area contributed by atoms with Crippen LogP contribution >= 0.6 is 12.2 Å². The summed E-state index contributed by atoms with van der Waals surface area (Å²) in [6, 6.07) is 15.6. The third kappa shape index (κ3) is 3.68. The number of ether oxygens (including phenoxy) is 1. The van der Waals surface area contributed by atoms with Crippen LogP contribution in [0.5, 0.6) is 5.75 Å². The number of amides is 1. The maximum Gasteiger partial charge on any atom is 0.259 e. The van der Waals surface area contributed by atoms with Crippen LogP contribution < -0.4 is 14.5 Å². The van der Waals surface area contributed by atoms with Gasteiger partial charge in [0.25, 0.3) is 5.91 Å². The van der Waals surface area contributed by atoms with Crippen LogP contribution in [0, 0.1) is 18.3 Å². The number of piperidine rings is 1. The van der Waals surface area contributed by atoms with E-state index >= 15 is 0 Å². The van der Waals surface area contributed by atoms with Crippen LogP contribution in [0.2, 0.25) is 0 Å². The van der Waals surface area contributed by atoms with Gasteiger partial charge in [-0.2, -0.15) is 5.26 Å². The maximum atomic E-state index is 13.6. The molecule has 1 saturated carbocycles. The Balaban J connectivity index is 1.40. The van der Waals surface area contributed by atoms with Gasteiger partial charge in [0.15, 0.2) is 5.11 Å². The number of nitrogens with zero attached hydrogens (tertiary/aromatic N) is 4. The molecule has 7 heteroatoms. The van der Waals surface area contributed by atoms with Gasteiger partial charge in [0.05, 0.1) is 17.3 Å². The molecule has 0 unspecified atom stereocenters. The van der Waals surface area contributed by atoms with E-state index in [0.29, 0.717) is 10.7 Å². The van der Waals surface area contributed by atoms with Gasteiger partial charge >= 0.3 is 0 Å². The van der Waals surface area contributed by atoms with Crippen molar-refractivity contribution < 1.29 is 9.53 Å². The van der Waals surface area contributed by atoms with Crippen molar-refractivity contribution in [2.75, 3.05) is 29.9 Å². The van der Waals surface area contributed by atoms with E-state index in [1.807, 2.05) is 48.2 Å². The van der Waals surface area contributed by atoms with Crippen molar-refractivity contribution in [2.24, 2.45) is 0 Å². The monoisotopic (exact) mass is 460 g/mol. The molecular weight excluding hydrogens is 432 g/mol. The van der Waals surface area contributed by atoms with E-state index in [4.69, 9.17) is 17.0 Å². The van der Waals surface area contributed by atoms with Gasteiger partial charge in [0.2, 0.25) is 0 Å². The summed E-state index contributed by atoms with van der Waals surface area (Å²) >= 11 is 5.86. The second kappa shape index (κ2) is 8.44. The minimum Gasteiger partial charge on any atom is -0.490 e. The van der Waals surface area contributed by atoms with Crippen LogP contribution in [0.4, 0.5) is 11.4 Å². The molecule has 3 aliphatic rings. The van der Waals surface area contributed by atoms with Crippen molar-refractivity contribution in [3.05, 3.63) is 53.6 Å². The molecule has 2 aromatic carbocycles. The third-order valence-electron chi connectivity index (χ3n) is 7.24. The van der Waals surface area contributed by atoms with Gasteiger partial charge in [-0.05, 0) is 106 Å². The molecule has 2 aromatic rings. The van der Waals surface area contributed by atoms with Gasteiger partial charge in [0.1, 0.15) is 17.4 Å². The molecule has 1 amide bonds. The Morgan fingerprint density at radius 1 is 1.09 bits per heavy atom. The summed E-state index contributed by atoms with van der Waals surface area (Å²) in [6.45, 7) is 3.99. The van der Waals surface area contributed by atoms with Gasteiger partial charge in [-0.1, -0.05) is 0 Å². The number of nitriles is 1. The Hall–Kier alpha value is -2.95. The molecule has 170 valence electrons. The SMILES string of the molecule is Cc1cc(N2C(=O)C3(CCC3)N(c3ccc(OC4CCN(C)CC4)cc3)C2=S)ccc1C#N. The highest BCUT2D eigenvalue weighted by Crippen LogP contribution is 2.48. The summed E-state index contributed by atoms with van der Waals surface area (Å²) in [7, 11) is 2.14. The molecule has 0 bridgehead atoms. The van der Waals surface area contributed by atoms with Gasteiger partial charge in [-0.3, -0.25) is 9.69 Å². The van der Waals surface area contributed by atoms with Gasteiger partial charge in [-0.25, -0.2) is 0 Å². The molecule has 1 spiro atoms. The number of rotatable bonds is 4. The first-order valence-electron chi connectivity index (χ1n) is 11.6. The number of anilines is 2.